The SMILES string of the molecule is C/C=C(\C=C/NCCCC(O)NCCSSCCNC(=O)CCC[n+]1ccc(/C=C/c2ccc(N(CCO)CCO)cc2)cc1)/C=C/c1ccc(N(CCO)CCO)cc1. The summed E-state index contributed by atoms with van der Waals surface area (Å²) in [4.78, 5) is 16.2. The van der Waals surface area contributed by atoms with Crippen LogP contribution in [0.25, 0.3) is 18.2 Å². The molecule has 0 aliphatic rings. The molecule has 0 aliphatic heterocycles. The first-order chi connectivity index (χ1) is 29.4. The third kappa shape index (κ3) is 21.4. The van der Waals surface area contributed by atoms with Crippen LogP contribution >= 0.6 is 21.6 Å². The third-order valence-corrected chi connectivity index (χ3v) is 11.8. The fraction of sp³-hybridized carbons (Fsp3) is 0.435. The molecule has 0 saturated heterocycles. The van der Waals surface area contributed by atoms with Crippen molar-refractivity contribution in [2.24, 2.45) is 0 Å². The van der Waals surface area contributed by atoms with Gasteiger partial charge in [0.25, 0.3) is 0 Å². The molecule has 0 spiro atoms. The van der Waals surface area contributed by atoms with E-state index < -0.39 is 6.23 Å². The average Bonchev–Trinajstić information content (AvgIpc) is 3.26. The van der Waals surface area contributed by atoms with Gasteiger partial charge in [-0.3, -0.25) is 10.1 Å². The number of benzene rings is 2. The molecule has 0 bridgehead atoms. The summed E-state index contributed by atoms with van der Waals surface area (Å²) in [5, 5.41) is 56.8. The van der Waals surface area contributed by atoms with Crippen molar-refractivity contribution in [2.75, 3.05) is 93.5 Å². The normalized spacial score (nSPS) is 12.5. The first-order valence-corrected chi connectivity index (χ1v) is 23.3. The van der Waals surface area contributed by atoms with Gasteiger partial charge in [-0.25, -0.2) is 4.57 Å². The topological polar surface area (TPSA) is 165 Å². The molecule has 8 N–H and O–H groups in total. The molecule has 0 fully saturated rings. The maximum absolute atomic E-state index is 12.3. The van der Waals surface area contributed by atoms with E-state index in [1.165, 1.54) is 0 Å². The highest BCUT2D eigenvalue weighted by Crippen LogP contribution is 2.20. The summed E-state index contributed by atoms with van der Waals surface area (Å²) in [7, 11) is 3.46. The van der Waals surface area contributed by atoms with Gasteiger partial charge in [-0.2, -0.15) is 0 Å². The Balaban J connectivity index is 1.16. The average molecular weight is 864 g/mol. The Morgan fingerprint density at radius 1 is 0.700 bits per heavy atom. The second kappa shape index (κ2) is 31.7. The van der Waals surface area contributed by atoms with Crippen molar-refractivity contribution in [3.05, 3.63) is 120 Å². The van der Waals surface area contributed by atoms with Gasteiger partial charge in [0.05, 0.1) is 26.4 Å². The summed E-state index contributed by atoms with van der Waals surface area (Å²) in [6, 6.07) is 20.2. The zero-order valence-corrected chi connectivity index (χ0v) is 36.7. The molecule has 60 heavy (non-hydrogen) atoms. The van der Waals surface area contributed by atoms with E-state index in [2.05, 4.69) is 50.9 Å². The Morgan fingerprint density at radius 2 is 1.23 bits per heavy atom. The van der Waals surface area contributed by atoms with Crippen molar-refractivity contribution in [2.45, 2.75) is 45.4 Å². The smallest absolute Gasteiger partial charge is 0.220 e. The number of nitrogens with one attached hydrogen (secondary N) is 3. The highest BCUT2D eigenvalue weighted by atomic mass is 33.1. The molecule has 1 unspecified atom stereocenters. The summed E-state index contributed by atoms with van der Waals surface area (Å²) >= 11 is 0. The van der Waals surface area contributed by atoms with Gasteiger partial charge in [0, 0.05) is 93.7 Å². The highest BCUT2D eigenvalue weighted by Gasteiger charge is 2.08. The first kappa shape index (κ1) is 50.2. The fourth-order valence-corrected chi connectivity index (χ4v) is 7.87. The predicted octanol–water partition coefficient (Wildman–Crippen LogP) is 4.46. The maximum Gasteiger partial charge on any atom is 0.220 e. The van der Waals surface area contributed by atoms with Gasteiger partial charge in [-0.05, 0) is 78.6 Å². The van der Waals surface area contributed by atoms with Crippen LogP contribution < -0.4 is 30.3 Å². The number of hydrogen-bond donors (Lipinski definition) is 8. The lowest BCUT2D eigenvalue weighted by Crippen LogP contribution is -2.34. The summed E-state index contributed by atoms with van der Waals surface area (Å²) in [5.41, 5.74) is 6.21. The number of rotatable bonds is 32. The standard InChI is InChI=1S/C46H66N6O6S2/c1-2-39(7-8-40-11-15-43(16-12-40)51(29-33-53)30-34-54)19-23-47-22-3-5-45(57)48-24-37-59-60-38-25-49-46(58)6-4-26-50-27-20-42(21-28-50)10-9-41-13-17-44(18-14-41)52(31-35-55)32-36-56/h2,7-21,23,27-28,45,47-48,53-57H,3-6,22,24-26,29-38H2,1H3/p+1/b8-7+,23-19-,39-2-. The number of pyridine rings is 1. The third-order valence-electron chi connectivity index (χ3n) is 9.35. The van der Waals surface area contributed by atoms with Crippen LogP contribution in [0.1, 0.15) is 49.3 Å². The van der Waals surface area contributed by atoms with Crippen molar-refractivity contribution < 1.29 is 34.9 Å². The van der Waals surface area contributed by atoms with E-state index in [1.54, 1.807) is 21.6 Å². The molecule has 3 rings (SSSR count). The molecule has 1 heterocycles. The Hall–Kier alpha value is -4.12. The summed E-state index contributed by atoms with van der Waals surface area (Å²) in [5.74, 6) is 1.76. The van der Waals surface area contributed by atoms with E-state index in [1.807, 2.05) is 102 Å². The second-order valence-electron chi connectivity index (χ2n) is 13.9. The zero-order valence-electron chi connectivity index (χ0n) is 35.1. The quantitative estimate of drug-likeness (QED) is 0.0147. The molecule has 2 aromatic carbocycles. The van der Waals surface area contributed by atoms with E-state index in [-0.39, 0.29) is 32.3 Å². The van der Waals surface area contributed by atoms with Crippen molar-refractivity contribution in [1.82, 2.24) is 16.0 Å². The van der Waals surface area contributed by atoms with Crippen LogP contribution in [0.5, 0.6) is 0 Å². The van der Waals surface area contributed by atoms with Crippen molar-refractivity contribution >= 4 is 57.1 Å². The van der Waals surface area contributed by atoms with Crippen LogP contribution in [-0.4, -0.2) is 121 Å². The van der Waals surface area contributed by atoms with Gasteiger partial charge >= 0.3 is 0 Å². The monoisotopic (exact) mass is 863 g/mol. The number of allylic oxidation sites excluding steroid dienone is 4. The Bertz CT molecular complexity index is 1700. The fourth-order valence-electron chi connectivity index (χ4n) is 6.04. The lowest BCUT2D eigenvalue weighted by molar-refractivity contribution is -0.697. The largest absolute Gasteiger partial charge is 0.395 e. The number of amides is 1. The number of aliphatic hydroxyl groups is 5. The Labute approximate surface area is 365 Å². The number of anilines is 2. The number of hydrogen-bond acceptors (Lipinski definition) is 12. The van der Waals surface area contributed by atoms with Gasteiger partial charge in [0.15, 0.2) is 12.4 Å². The van der Waals surface area contributed by atoms with E-state index in [0.717, 1.165) is 71.1 Å². The molecular weight excluding hydrogens is 797 g/mol. The number of aromatic nitrogens is 1. The van der Waals surface area contributed by atoms with Gasteiger partial charge < -0.3 is 46.0 Å². The maximum atomic E-state index is 12.3. The van der Waals surface area contributed by atoms with Gasteiger partial charge in [0.2, 0.25) is 5.91 Å². The molecule has 0 radical (unpaired) electrons. The molecule has 12 nitrogen and oxygen atoms in total. The van der Waals surface area contributed by atoms with Crippen LogP contribution in [0.3, 0.4) is 0 Å². The first-order valence-electron chi connectivity index (χ1n) is 20.9. The van der Waals surface area contributed by atoms with Crippen molar-refractivity contribution in [1.29, 1.82) is 0 Å². The lowest BCUT2D eigenvalue weighted by Gasteiger charge is -2.22. The molecule has 0 saturated carbocycles. The van der Waals surface area contributed by atoms with E-state index in [4.69, 9.17) is 0 Å². The van der Waals surface area contributed by atoms with Crippen LogP contribution in [0.2, 0.25) is 0 Å². The van der Waals surface area contributed by atoms with E-state index in [0.29, 0.717) is 52.1 Å². The molecule has 14 heteroatoms. The second-order valence-corrected chi connectivity index (χ2v) is 16.6. The molecular formula is C46H67N6O6S2+. The molecule has 3 aromatic rings. The number of carbonyl (C=O) groups excluding carboxylic acids is 1. The highest BCUT2D eigenvalue weighted by molar-refractivity contribution is 8.76. The number of aryl methyl sites for hydroxylation is 1. The van der Waals surface area contributed by atoms with Gasteiger partial charge in [-0.15, -0.1) is 0 Å². The number of carbonyl (C=O) groups is 1. The lowest BCUT2D eigenvalue weighted by atomic mass is 10.1. The minimum Gasteiger partial charge on any atom is -0.395 e. The van der Waals surface area contributed by atoms with Gasteiger partial charge in [0.1, 0.15) is 12.8 Å². The van der Waals surface area contributed by atoms with E-state index in [9.17, 15) is 30.3 Å². The predicted molar refractivity (Wildman–Crippen MR) is 252 cm³/mol. The summed E-state index contributed by atoms with van der Waals surface area (Å²) < 4.78 is 2.09. The van der Waals surface area contributed by atoms with Gasteiger partial charge in [-0.1, -0.05) is 76.2 Å². The Kier molecular flexibility index (Phi) is 26.6. The van der Waals surface area contributed by atoms with E-state index >= 15 is 0 Å². The Morgan fingerprint density at radius 3 is 1.78 bits per heavy atom. The molecule has 328 valence electrons. The minimum atomic E-state index is -0.544. The van der Waals surface area contributed by atoms with Crippen molar-refractivity contribution in [3.8, 4) is 0 Å². The van der Waals surface area contributed by atoms with Crippen LogP contribution in [0, 0.1) is 0 Å². The van der Waals surface area contributed by atoms with Crippen LogP contribution in [0.4, 0.5) is 11.4 Å². The zero-order chi connectivity index (χ0) is 43.0. The molecule has 1 aromatic heterocycles. The summed E-state index contributed by atoms with van der Waals surface area (Å²) in [6.45, 7) is 6.95. The van der Waals surface area contributed by atoms with Crippen LogP contribution in [-0.2, 0) is 11.3 Å². The molecule has 0 aliphatic carbocycles. The van der Waals surface area contributed by atoms with Crippen molar-refractivity contribution in [3.63, 3.8) is 0 Å². The minimum absolute atomic E-state index is 0.0384. The van der Waals surface area contributed by atoms with Crippen LogP contribution in [0.15, 0.2) is 103 Å². The number of aliphatic hydroxyl groups excluding tert-OH is 5. The summed E-state index contributed by atoms with van der Waals surface area (Å²) in [6.07, 6.45) is 20.5. The molecule has 1 atom stereocenters. The number of nitrogens with zero attached hydrogens (tertiary/aromatic N) is 3. The molecule has 1 amide bonds.